The molecular formula is C20H20BrN3O3. The van der Waals surface area contributed by atoms with E-state index in [1.807, 2.05) is 42.5 Å². The number of amides is 2. The summed E-state index contributed by atoms with van der Waals surface area (Å²) < 4.78 is 6.14. The lowest BCUT2D eigenvalue weighted by atomic mass is 9.99. The van der Waals surface area contributed by atoms with Crippen molar-refractivity contribution in [2.45, 2.75) is 12.3 Å². The molecule has 0 aromatic heterocycles. The minimum atomic E-state index is -0.331. The van der Waals surface area contributed by atoms with Crippen molar-refractivity contribution in [3.63, 3.8) is 0 Å². The second-order valence-corrected chi connectivity index (χ2v) is 7.18. The minimum absolute atomic E-state index is 0.00484. The van der Waals surface area contributed by atoms with Crippen LogP contribution < -0.4 is 10.2 Å². The van der Waals surface area contributed by atoms with Crippen LogP contribution in [-0.4, -0.2) is 43.1 Å². The number of likely N-dealkylation sites (tertiary alicyclic amines) is 1. The van der Waals surface area contributed by atoms with Gasteiger partial charge in [-0.1, -0.05) is 46.3 Å². The van der Waals surface area contributed by atoms with E-state index >= 15 is 0 Å². The summed E-state index contributed by atoms with van der Waals surface area (Å²) in [6.45, 7) is 0.536. The van der Waals surface area contributed by atoms with Crippen LogP contribution in [0.3, 0.4) is 0 Å². The third-order valence-electron chi connectivity index (χ3n) is 4.40. The Morgan fingerprint density at radius 3 is 2.85 bits per heavy atom. The minimum Gasteiger partial charge on any atom is -0.496 e. The molecule has 2 aromatic carbocycles. The first kappa shape index (κ1) is 19.1. The summed E-state index contributed by atoms with van der Waals surface area (Å²) in [5.74, 6) is 0.427. The van der Waals surface area contributed by atoms with Gasteiger partial charge < -0.3 is 9.64 Å². The van der Waals surface area contributed by atoms with Gasteiger partial charge in [0.15, 0.2) is 0 Å². The maximum atomic E-state index is 12.2. The first-order valence-corrected chi connectivity index (χ1v) is 9.34. The summed E-state index contributed by atoms with van der Waals surface area (Å²) in [4.78, 5) is 25.9. The van der Waals surface area contributed by atoms with Crippen molar-refractivity contribution in [1.29, 1.82) is 0 Å². The van der Waals surface area contributed by atoms with Gasteiger partial charge >= 0.3 is 0 Å². The van der Waals surface area contributed by atoms with Crippen LogP contribution >= 0.6 is 15.9 Å². The lowest BCUT2D eigenvalue weighted by Crippen LogP contribution is -2.36. The van der Waals surface area contributed by atoms with E-state index in [0.29, 0.717) is 18.7 Å². The van der Waals surface area contributed by atoms with Gasteiger partial charge in [0.2, 0.25) is 5.91 Å². The molecule has 6 nitrogen and oxygen atoms in total. The average Bonchev–Trinajstić information content (AvgIpc) is 3.03. The fourth-order valence-electron chi connectivity index (χ4n) is 3.06. The Hall–Kier alpha value is -2.67. The van der Waals surface area contributed by atoms with Gasteiger partial charge in [0.25, 0.3) is 5.91 Å². The Morgan fingerprint density at radius 2 is 2.11 bits per heavy atom. The zero-order valence-electron chi connectivity index (χ0n) is 14.9. The molecular weight excluding hydrogens is 410 g/mol. The van der Waals surface area contributed by atoms with Crippen LogP contribution in [0.15, 0.2) is 58.1 Å². The molecule has 27 heavy (non-hydrogen) atoms. The predicted molar refractivity (Wildman–Crippen MR) is 107 cm³/mol. The quantitative estimate of drug-likeness (QED) is 0.566. The van der Waals surface area contributed by atoms with Crippen molar-refractivity contribution >= 4 is 34.0 Å². The predicted octanol–water partition coefficient (Wildman–Crippen LogP) is 2.92. The zero-order chi connectivity index (χ0) is 19.2. The van der Waals surface area contributed by atoms with Crippen molar-refractivity contribution in [2.24, 2.45) is 5.10 Å². The van der Waals surface area contributed by atoms with Crippen LogP contribution in [0.5, 0.6) is 5.75 Å². The number of hydrogen-bond donors (Lipinski definition) is 1. The third kappa shape index (κ3) is 4.95. The fraction of sp³-hybridized carbons (Fsp3) is 0.250. The summed E-state index contributed by atoms with van der Waals surface area (Å²) in [5.41, 5.74) is 4.32. The van der Waals surface area contributed by atoms with E-state index < -0.39 is 0 Å². The lowest BCUT2D eigenvalue weighted by Gasteiger charge is -2.15. The van der Waals surface area contributed by atoms with Crippen LogP contribution in [0.1, 0.15) is 23.5 Å². The molecule has 7 heteroatoms. The highest BCUT2D eigenvalue weighted by Gasteiger charge is 2.31. The SMILES string of the molecule is COc1ccc(Br)cc1/C=N\NC(=O)CN1C[C@H](c2ccccc2)CC1=O. The molecule has 1 aliphatic rings. The second kappa shape index (κ2) is 8.81. The maximum Gasteiger partial charge on any atom is 0.259 e. The number of hydrazone groups is 1. The number of ether oxygens (including phenoxy) is 1. The van der Waals surface area contributed by atoms with E-state index in [1.165, 1.54) is 6.21 Å². The van der Waals surface area contributed by atoms with Gasteiger partial charge in [-0.3, -0.25) is 9.59 Å². The standard InChI is InChI=1S/C20H20BrN3O3/c1-27-18-8-7-17(21)9-15(18)11-22-23-19(25)13-24-12-16(10-20(24)26)14-5-3-2-4-6-14/h2-9,11,16H,10,12-13H2,1H3,(H,23,25)/b22-11-/t16-/m1/s1. The molecule has 1 heterocycles. The first-order valence-electron chi connectivity index (χ1n) is 8.55. The number of rotatable bonds is 6. The number of nitrogens with zero attached hydrogens (tertiary/aromatic N) is 2. The van der Waals surface area contributed by atoms with E-state index in [-0.39, 0.29) is 24.3 Å². The summed E-state index contributed by atoms with van der Waals surface area (Å²) in [5, 5.41) is 3.97. The molecule has 1 fully saturated rings. The Balaban J connectivity index is 1.55. The average molecular weight is 430 g/mol. The molecule has 1 N–H and O–H groups in total. The summed E-state index contributed by atoms with van der Waals surface area (Å²) in [6, 6.07) is 15.4. The van der Waals surface area contributed by atoms with E-state index in [4.69, 9.17) is 4.74 Å². The molecule has 140 valence electrons. The van der Waals surface area contributed by atoms with Crippen molar-refractivity contribution in [3.05, 3.63) is 64.1 Å². The van der Waals surface area contributed by atoms with Gasteiger partial charge in [-0.15, -0.1) is 0 Å². The molecule has 1 aliphatic heterocycles. The molecule has 1 atom stereocenters. The molecule has 3 rings (SSSR count). The highest BCUT2D eigenvalue weighted by atomic mass is 79.9. The molecule has 0 radical (unpaired) electrons. The Kier molecular flexibility index (Phi) is 6.24. The van der Waals surface area contributed by atoms with Gasteiger partial charge in [-0.05, 0) is 23.8 Å². The van der Waals surface area contributed by atoms with Crippen LogP contribution in [-0.2, 0) is 9.59 Å². The van der Waals surface area contributed by atoms with Crippen LogP contribution in [0, 0.1) is 0 Å². The van der Waals surface area contributed by atoms with Crippen molar-refractivity contribution < 1.29 is 14.3 Å². The van der Waals surface area contributed by atoms with E-state index in [9.17, 15) is 9.59 Å². The fourth-order valence-corrected chi connectivity index (χ4v) is 3.44. The number of nitrogens with one attached hydrogen (secondary N) is 1. The number of halogens is 1. The topological polar surface area (TPSA) is 71.0 Å². The van der Waals surface area contributed by atoms with Gasteiger partial charge in [-0.2, -0.15) is 5.10 Å². The van der Waals surface area contributed by atoms with Crippen molar-refractivity contribution in [1.82, 2.24) is 10.3 Å². The number of carbonyl (C=O) groups excluding carboxylic acids is 2. The van der Waals surface area contributed by atoms with Crippen molar-refractivity contribution in [3.8, 4) is 5.75 Å². The van der Waals surface area contributed by atoms with E-state index in [1.54, 1.807) is 18.1 Å². The van der Waals surface area contributed by atoms with E-state index in [0.717, 1.165) is 15.6 Å². The smallest absolute Gasteiger partial charge is 0.259 e. The van der Waals surface area contributed by atoms with Crippen molar-refractivity contribution in [2.75, 3.05) is 20.2 Å². The van der Waals surface area contributed by atoms with E-state index in [2.05, 4.69) is 26.5 Å². The number of benzene rings is 2. The summed E-state index contributed by atoms with van der Waals surface area (Å²) >= 11 is 3.39. The van der Waals surface area contributed by atoms with Crippen LogP contribution in [0.4, 0.5) is 0 Å². The molecule has 2 aromatic rings. The maximum absolute atomic E-state index is 12.2. The van der Waals surface area contributed by atoms with Gasteiger partial charge in [0.05, 0.1) is 13.3 Å². The number of hydrogen-bond acceptors (Lipinski definition) is 4. The number of carbonyl (C=O) groups is 2. The molecule has 0 saturated carbocycles. The van der Waals surface area contributed by atoms with Crippen LogP contribution in [0.2, 0.25) is 0 Å². The molecule has 0 unspecified atom stereocenters. The third-order valence-corrected chi connectivity index (χ3v) is 4.90. The van der Waals surface area contributed by atoms with Gasteiger partial charge in [0.1, 0.15) is 12.3 Å². The normalized spacial score (nSPS) is 16.7. The molecule has 1 saturated heterocycles. The first-order chi connectivity index (χ1) is 13.1. The molecule has 0 spiro atoms. The summed E-state index contributed by atoms with van der Waals surface area (Å²) in [7, 11) is 1.57. The highest BCUT2D eigenvalue weighted by molar-refractivity contribution is 9.10. The molecule has 0 bridgehead atoms. The zero-order valence-corrected chi connectivity index (χ0v) is 16.5. The summed E-state index contributed by atoms with van der Waals surface area (Å²) in [6.07, 6.45) is 1.94. The Morgan fingerprint density at radius 1 is 1.33 bits per heavy atom. The van der Waals surface area contributed by atoms with Crippen LogP contribution in [0.25, 0.3) is 0 Å². The largest absolute Gasteiger partial charge is 0.496 e. The Labute approximate surface area is 166 Å². The molecule has 0 aliphatic carbocycles. The monoisotopic (exact) mass is 429 g/mol. The van der Waals surface area contributed by atoms with Gasteiger partial charge in [-0.25, -0.2) is 5.43 Å². The Bertz CT molecular complexity index is 855. The highest BCUT2D eigenvalue weighted by Crippen LogP contribution is 2.27. The van der Waals surface area contributed by atoms with Gasteiger partial charge in [0, 0.05) is 28.9 Å². The second-order valence-electron chi connectivity index (χ2n) is 6.27. The number of methoxy groups -OCH3 is 1. The molecule has 2 amide bonds. The lowest BCUT2D eigenvalue weighted by molar-refractivity contribution is -0.133.